The Labute approximate surface area is 97.9 Å². The molecule has 0 saturated carbocycles. The van der Waals surface area contributed by atoms with Crippen LogP contribution in [0.4, 0.5) is 5.69 Å². The molecule has 2 rings (SSSR count). The van der Waals surface area contributed by atoms with E-state index >= 15 is 0 Å². The second kappa shape index (κ2) is 4.92. The van der Waals surface area contributed by atoms with Crippen LogP contribution in [0.3, 0.4) is 0 Å². The SMILES string of the molecule is O=C(c1ccc([N+](=O)[O-])cc1)N1CCCCO1. The Kier molecular flexibility index (Phi) is 3.34. The van der Waals surface area contributed by atoms with Gasteiger partial charge in [0.2, 0.25) is 0 Å². The van der Waals surface area contributed by atoms with Crippen LogP contribution in [-0.4, -0.2) is 29.0 Å². The predicted molar refractivity (Wildman–Crippen MR) is 59.3 cm³/mol. The van der Waals surface area contributed by atoms with E-state index in [0.29, 0.717) is 18.7 Å². The van der Waals surface area contributed by atoms with Crippen molar-refractivity contribution in [2.75, 3.05) is 13.2 Å². The van der Waals surface area contributed by atoms with Gasteiger partial charge in [0, 0.05) is 24.2 Å². The van der Waals surface area contributed by atoms with E-state index in [-0.39, 0.29) is 11.6 Å². The van der Waals surface area contributed by atoms with E-state index in [1.165, 1.54) is 29.3 Å². The van der Waals surface area contributed by atoms with Gasteiger partial charge in [-0.05, 0) is 25.0 Å². The van der Waals surface area contributed by atoms with Crippen molar-refractivity contribution in [2.45, 2.75) is 12.8 Å². The number of nitro groups is 1. The molecule has 90 valence electrons. The number of hydroxylamine groups is 2. The first-order valence-electron chi connectivity index (χ1n) is 5.38. The van der Waals surface area contributed by atoms with E-state index in [1.807, 2.05) is 0 Å². The molecule has 0 unspecified atom stereocenters. The standard InChI is InChI=1S/C11H12N2O4/c14-11(12-7-1-2-8-17-12)9-3-5-10(6-4-9)13(15)16/h3-6H,1-2,7-8H2. The molecule has 1 saturated heterocycles. The quantitative estimate of drug-likeness (QED) is 0.579. The monoisotopic (exact) mass is 236 g/mol. The largest absolute Gasteiger partial charge is 0.277 e. The minimum absolute atomic E-state index is 0.0267. The highest BCUT2D eigenvalue weighted by Crippen LogP contribution is 2.15. The minimum atomic E-state index is -0.494. The first-order chi connectivity index (χ1) is 8.18. The Morgan fingerprint density at radius 1 is 1.29 bits per heavy atom. The molecule has 0 radical (unpaired) electrons. The maximum atomic E-state index is 11.9. The summed E-state index contributed by atoms with van der Waals surface area (Å²) in [5, 5.41) is 11.8. The maximum Gasteiger partial charge on any atom is 0.277 e. The first-order valence-corrected chi connectivity index (χ1v) is 5.38. The van der Waals surface area contributed by atoms with Gasteiger partial charge in [-0.3, -0.25) is 19.7 Å². The molecule has 1 aromatic carbocycles. The first kappa shape index (κ1) is 11.5. The Balaban J connectivity index is 2.10. The number of hydrogen-bond donors (Lipinski definition) is 0. The summed E-state index contributed by atoms with van der Waals surface area (Å²) in [4.78, 5) is 27.1. The summed E-state index contributed by atoms with van der Waals surface area (Å²) in [6.45, 7) is 1.11. The summed E-state index contributed by atoms with van der Waals surface area (Å²) in [6, 6.07) is 5.52. The van der Waals surface area contributed by atoms with Crippen LogP contribution >= 0.6 is 0 Å². The summed E-state index contributed by atoms with van der Waals surface area (Å²) < 4.78 is 0. The van der Waals surface area contributed by atoms with Crippen molar-refractivity contribution in [1.82, 2.24) is 5.06 Å². The van der Waals surface area contributed by atoms with E-state index in [2.05, 4.69) is 0 Å². The summed E-state index contributed by atoms with van der Waals surface area (Å²) in [7, 11) is 0. The van der Waals surface area contributed by atoms with Crippen LogP contribution in [0, 0.1) is 10.1 Å². The molecule has 0 bridgehead atoms. The summed E-state index contributed by atoms with van der Waals surface area (Å²) in [5.74, 6) is -0.250. The van der Waals surface area contributed by atoms with E-state index in [9.17, 15) is 14.9 Å². The van der Waals surface area contributed by atoms with E-state index in [0.717, 1.165) is 12.8 Å². The number of nitrogens with zero attached hydrogens (tertiary/aromatic N) is 2. The van der Waals surface area contributed by atoms with Gasteiger partial charge in [0.1, 0.15) is 0 Å². The fourth-order valence-corrected chi connectivity index (χ4v) is 1.63. The van der Waals surface area contributed by atoms with E-state index < -0.39 is 4.92 Å². The van der Waals surface area contributed by atoms with Crippen LogP contribution in [0.25, 0.3) is 0 Å². The third-order valence-corrected chi connectivity index (χ3v) is 2.55. The lowest BCUT2D eigenvalue weighted by Gasteiger charge is -2.25. The van der Waals surface area contributed by atoms with Gasteiger partial charge in [-0.15, -0.1) is 0 Å². The highest BCUT2D eigenvalue weighted by atomic mass is 16.7. The number of carbonyl (C=O) groups is 1. The Morgan fingerprint density at radius 3 is 2.53 bits per heavy atom. The third-order valence-electron chi connectivity index (χ3n) is 2.55. The van der Waals surface area contributed by atoms with Crippen LogP contribution in [0.1, 0.15) is 23.2 Å². The average Bonchev–Trinajstić information content (AvgIpc) is 2.39. The molecule has 0 atom stereocenters. The molecule has 6 nitrogen and oxygen atoms in total. The molecule has 1 amide bonds. The zero-order chi connectivity index (χ0) is 12.3. The lowest BCUT2D eigenvalue weighted by molar-refractivity contribution is -0.384. The lowest BCUT2D eigenvalue weighted by atomic mass is 10.2. The molecule has 1 fully saturated rings. The third kappa shape index (κ3) is 2.59. The highest BCUT2D eigenvalue weighted by molar-refractivity contribution is 5.93. The lowest BCUT2D eigenvalue weighted by Crippen LogP contribution is -2.35. The van der Waals surface area contributed by atoms with Crippen molar-refractivity contribution < 1.29 is 14.6 Å². The van der Waals surface area contributed by atoms with Crippen molar-refractivity contribution in [2.24, 2.45) is 0 Å². The average molecular weight is 236 g/mol. The summed E-state index contributed by atoms with van der Waals surface area (Å²) in [6.07, 6.45) is 1.86. The van der Waals surface area contributed by atoms with Crippen molar-refractivity contribution in [3.05, 3.63) is 39.9 Å². The molecule has 0 aliphatic carbocycles. The van der Waals surface area contributed by atoms with Crippen LogP contribution in [0.2, 0.25) is 0 Å². The van der Waals surface area contributed by atoms with Crippen LogP contribution in [-0.2, 0) is 4.84 Å². The topological polar surface area (TPSA) is 72.7 Å². The van der Waals surface area contributed by atoms with Gasteiger partial charge >= 0.3 is 0 Å². The predicted octanol–water partition coefficient (Wildman–Crippen LogP) is 1.76. The van der Waals surface area contributed by atoms with Gasteiger partial charge in [-0.25, -0.2) is 5.06 Å². The Bertz CT molecular complexity index is 424. The molecule has 6 heteroatoms. The molecule has 0 aromatic heterocycles. The molecule has 1 heterocycles. The van der Waals surface area contributed by atoms with Gasteiger partial charge in [0.15, 0.2) is 0 Å². The number of nitro benzene ring substituents is 1. The van der Waals surface area contributed by atoms with Gasteiger partial charge in [0.05, 0.1) is 11.5 Å². The van der Waals surface area contributed by atoms with Gasteiger partial charge in [-0.2, -0.15) is 0 Å². The Hall–Kier alpha value is -1.95. The maximum absolute atomic E-state index is 11.9. The molecular weight excluding hydrogens is 224 g/mol. The number of rotatable bonds is 2. The molecule has 1 aliphatic heterocycles. The zero-order valence-electron chi connectivity index (χ0n) is 9.17. The molecule has 0 spiro atoms. The summed E-state index contributed by atoms with van der Waals surface area (Å²) >= 11 is 0. The van der Waals surface area contributed by atoms with Gasteiger partial charge in [0.25, 0.3) is 11.6 Å². The second-order valence-corrected chi connectivity index (χ2v) is 3.75. The van der Waals surface area contributed by atoms with E-state index in [4.69, 9.17) is 4.84 Å². The van der Waals surface area contributed by atoms with E-state index in [1.54, 1.807) is 0 Å². The number of benzene rings is 1. The fourth-order valence-electron chi connectivity index (χ4n) is 1.63. The van der Waals surface area contributed by atoms with Crippen LogP contribution in [0.5, 0.6) is 0 Å². The van der Waals surface area contributed by atoms with Gasteiger partial charge < -0.3 is 0 Å². The van der Waals surface area contributed by atoms with Crippen molar-refractivity contribution >= 4 is 11.6 Å². The highest BCUT2D eigenvalue weighted by Gasteiger charge is 2.19. The normalized spacial score (nSPS) is 15.6. The van der Waals surface area contributed by atoms with Crippen molar-refractivity contribution in [3.8, 4) is 0 Å². The second-order valence-electron chi connectivity index (χ2n) is 3.75. The summed E-state index contributed by atoms with van der Waals surface area (Å²) in [5.41, 5.74) is 0.374. The number of amides is 1. The minimum Gasteiger partial charge on any atom is -0.271 e. The molecule has 1 aromatic rings. The van der Waals surface area contributed by atoms with Crippen molar-refractivity contribution in [3.63, 3.8) is 0 Å². The molecule has 0 N–H and O–H groups in total. The van der Waals surface area contributed by atoms with Gasteiger partial charge in [-0.1, -0.05) is 0 Å². The Morgan fingerprint density at radius 2 is 2.00 bits per heavy atom. The van der Waals surface area contributed by atoms with Crippen LogP contribution < -0.4 is 0 Å². The number of carbonyl (C=O) groups excluding carboxylic acids is 1. The molecular formula is C11H12N2O4. The number of non-ortho nitro benzene ring substituents is 1. The fraction of sp³-hybridized carbons (Fsp3) is 0.364. The smallest absolute Gasteiger partial charge is 0.271 e. The van der Waals surface area contributed by atoms with Crippen molar-refractivity contribution in [1.29, 1.82) is 0 Å². The van der Waals surface area contributed by atoms with Crippen LogP contribution in [0.15, 0.2) is 24.3 Å². The molecule has 1 aliphatic rings. The zero-order valence-corrected chi connectivity index (χ0v) is 9.17. The number of hydrogen-bond acceptors (Lipinski definition) is 4. The molecule has 17 heavy (non-hydrogen) atoms.